The van der Waals surface area contributed by atoms with E-state index in [2.05, 4.69) is 4.52 Å². The lowest BCUT2D eigenvalue weighted by atomic mass is 10.2. The smallest absolute Gasteiger partial charge is 0.303 e. The minimum atomic E-state index is -4.40. The number of hydrogen-bond donors (Lipinski definition) is 2. The average Bonchev–Trinajstić information content (AvgIpc) is 1.52. The molecule has 2 N–H and O–H groups in total. The molecule has 0 aromatic carbocycles. The van der Waals surface area contributed by atoms with Crippen LogP contribution in [0.15, 0.2) is 0 Å². The first-order chi connectivity index (χ1) is 4.96. The van der Waals surface area contributed by atoms with Gasteiger partial charge in [0.1, 0.15) is 0 Å². The normalized spacial score (nSPS) is 12.8. The Morgan fingerprint density at radius 1 is 1.14 bits per heavy atom. The summed E-state index contributed by atoms with van der Waals surface area (Å²) in [7, 11) is 1.00. The molecule has 0 amide bonds. The molecule has 0 saturated carbocycles. The second-order valence-corrected chi connectivity index (χ2v) is 5.20. The Morgan fingerprint density at radius 3 is 1.50 bits per heavy atom. The summed E-state index contributed by atoms with van der Waals surface area (Å²) in [6.07, 6.45) is 0. The molecule has 0 unspecified atom stereocenters. The van der Waals surface area contributed by atoms with Crippen LogP contribution in [-0.4, -0.2) is 41.1 Å². The van der Waals surface area contributed by atoms with E-state index in [4.69, 9.17) is 9.79 Å². The minimum Gasteiger partial charge on any atom is -0.303 e. The van der Waals surface area contributed by atoms with Gasteiger partial charge >= 0.3 is 7.82 Å². The van der Waals surface area contributed by atoms with Crippen LogP contribution in [0.1, 0.15) is 28.7 Å². The molecule has 0 aliphatic carbocycles. The molecule has 0 heterocycles. The van der Waals surface area contributed by atoms with Crippen molar-refractivity contribution in [3.8, 4) is 0 Å². The number of hydrogen-bond acceptors (Lipinski definition) is 2. The van der Waals surface area contributed by atoms with Crippen molar-refractivity contribution in [1.82, 2.24) is 0 Å². The number of phosphoric acid groups is 1. The predicted molar refractivity (Wildman–Crippen MR) is 58.7 cm³/mol. The average molecular weight is 230 g/mol. The Balaban J connectivity index is -0.000000605. The molecule has 0 aliphatic heterocycles. The molecule has 0 rings (SSSR count). The molecule has 0 atom stereocenters. The molecule has 5 nitrogen and oxygen atoms in total. The van der Waals surface area contributed by atoms with Crippen LogP contribution in [0.3, 0.4) is 0 Å². The second-order valence-electron chi connectivity index (χ2n) is 4.04. The van der Waals surface area contributed by atoms with Crippen molar-refractivity contribution in [2.24, 2.45) is 0 Å². The van der Waals surface area contributed by atoms with Gasteiger partial charge in [0.2, 0.25) is 5.72 Å². The van der Waals surface area contributed by atoms with Crippen molar-refractivity contribution in [2.45, 2.75) is 34.4 Å². The van der Waals surface area contributed by atoms with Gasteiger partial charge in [-0.2, -0.15) is 0 Å². The first kappa shape index (κ1) is 19.6. The third-order valence-electron chi connectivity index (χ3n) is 1.96. The van der Waals surface area contributed by atoms with Crippen LogP contribution in [0.4, 0.5) is 0 Å². The van der Waals surface area contributed by atoms with Gasteiger partial charge in [-0.25, -0.2) is 9.09 Å². The van der Waals surface area contributed by atoms with Crippen LogP contribution in [0.2, 0.25) is 0 Å². The van der Waals surface area contributed by atoms with Gasteiger partial charge in [-0.05, 0) is 0 Å². The summed E-state index contributed by atoms with van der Waals surface area (Å²) in [6.45, 7) is 3.26. The van der Waals surface area contributed by atoms with E-state index in [9.17, 15) is 4.57 Å². The lowest BCUT2D eigenvalue weighted by Crippen LogP contribution is -2.54. The lowest BCUT2D eigenvalue weighted by molar-refractivity contribution is -0.941. The summed E-state index contributed by atoms with van der Waals surface area (Å²) in [4.78, 5) is 17.2. The maximum Gasteiger partial charge on any atom is 0.474 e. The van der Waals surface area contributed by atoms with Crippen molar-refractivity contribution < 1.29 is 23.4 Å². The quantitative estimate of drug-likeness (QED) is 0.441. The maximum absolute atomic E-state index is 10.6. The number of rotatable bonds is 3. The minimum absolute atomic E-state index is 0. The maximum atomic E-state index is 10.6. The van der Waals surface area contributed by atoms with Gasteiger partial charge in [-0.3, -0.25) is 0 Å². The third-order valence-corrected chi connectivity index (χ3v) is 2.64. The van der Waals surface area contributed by atoms with Gasteiger partial charge < -0.3 is 14.3 Å². The monoisotopic (exact) mass is 230 g/mol. The highest BCUT2D eigenvalue weighted by Crippen LogP contribution is 2.43. The van der Waals surface area contributed by atoms with E-state index in [1.807, 2.05) is 0 Å². The van der Waals surface area contributed by atoms with Crippen LogP contribution in [0.25, 0.3) is 0 Å². The van der Waals surface area contributed by atoms with Crippen LogP contribution in [0.5, 0.6) is 0 Å². The van der Waals surface area contributed by atoms with Crippen LogP contribution in [0, 0.1) is 0 Å². The summed E-state index contributed by atoms with van der Waals surface area (Å²) < 4.78 is 15.5. The van der Waals surface area contributed by atoms with E-state index in [-0.39, 0.29) is 14.9 Å². The third kappa shape index (κ3) is 6.51. The van der Waals surface area contributed by atoms with E-state index < -0.39 is 13.5 Å². The highest BCUT2D eigenvalue weighted by atomic mass is 31.2. The molecule has 0 saturated heterocycles. The van der Waals surface area contributed by atoms with Crippen LogP contribution >= 0.6 is 7.82 Å². The highest BCUT2D eigenvalue weighted by molar-refractivity contribution is 7.46. The lowest BCUT2D eigenvalue weighted by Gasteiger charge is -2.40. The Kier molecular flexibility index (Phi) is 7.34. The molecule has 0 aromatic heterocycles. The summed E-state index contributed by atoms with van der Waals surface area (Å²) in [6, 6.07) is 0. The predicted octanol–water partition coefficient (Wildman–Crippen LogP) is 1.81. The van der Waals surface area contributed by atoms with E-state index in [1.165, 1.54) is 0 Å². The number of nitrogens with zero attached hydrogens (tertiary/aromatic N) is 1. The Labute approximate surface area is 87.5 Å². The molecule has 0 radical (unpaired) electrons. The molecular weight excluding hydrogens is 205 g/mol. The van der Waals surface area contributed by atoms with Crippen molar-refractivity contribution in [2.75, 3.05) is 21.1 Å². The summed E-state index contributed by atoms with van der Waals surface area (Å²) in [5.74, 6) is 0. The zero-order valence-electron chi connectivity index (χ0n) is 8.11. The zero-order valence-corrected chi connectivity index (χ0v) is 9.00. The summed E-state index contributed by atoms with van der Waals surface area (Å²) >= 11 is 0. The van der Waals surface area contributed by atoms with Crippen LogP contribution in [-0.2, 0) is 9.09 Å². The topological polar surface area (TPSA) is 66.8 Å². The van der Waals surface area contributed by atoms with Crippen molar-refractivity contribution >= 4 is 7.82 Å². The fourth-order valence-corrected chi connectivity index (χ4v) is 1.24. The van der Waals surface area contributed by atoms with Gasteiger partial charge in [-0.15, -0.1) is 0 Å². The van der Waals surface area contributed by atoms with Crippen molar-refractivity contribution in [3.05, 3.63) is 0 Å². The molecule has 0 aromatic rings. The first-order valence-electron chi connectivity index (χ1n) is 3.53. The summed E-state index contributed by atoms with van der Waals surface area (Å²) in [5.41, 5.74) is -0.904. The molecule has 0 aliphatic rings. The van der Waals surface area contributed by atoms with Crippen molar-refractivity contribution in [1.29, 1.82) is 0 Å². The molecular formula is C8H25NO4P+. The Hall–Kier alpha value is 0.0700. The highest BCUT2D eigenvalue weighted by Gasteiger charge is 2.40. The molecule has 90 valence electrons. The van der Waals surface area contributed by atoms with E-state index in [0.717, 1.165) is 0 Å². The summed E-state index contributed by atoms with van der Waals surface area (Å²) in [5, 5.41) is 0. The fourth-order valence-electron chi connectivity index (χ4n) is 0.413. The SMILES string of the molecule is C.C.CC(C)(OP(=O)(O)O)[N+](C)(C)C. The molecule has 6 heteroatoms. The fraction of sp³-hybridized carbons (Fsp3) is 1.00. The van der Waals surface area contributed by atoms with Gasteiger partial charge in [0, 0.05) is 13.8 Å². The molecule has 0 bridgehead atoms. The van der Waals surface area contributed by atoms with Crippen molar-refractivity contribution in [3.63, 3.8) is 0 Å². The Morgan fingerprint density at radius 2 is 1.43 bits per heavy atom. The van der Waals surface area contributed by atoms with Gasteiger partial charge in [0.25, 0.3) is 0 Å². The van der Waals surface area contributed by atoms with Crippen LogP contribution < -0.4 is 0 Å². The zero-order chi connectivity index (χ0) is 10.2. The van der Waals surface area contributed by atoms with Gasteiger partial charge in [0.05, 0.1) is 21.1 Å². The molecule has 0 fully saturated rings. The molecule has 14 heavy (non-hydrogen) atoms. The first-order valence-corrected chi connectivity index (χ1v) is 5.06. The Bertz CT molecular complexity index is 204. The van der Waals surface area contributed by atoms with E-state index >= 15 is 0 Å². The van der Waals surface area contributed by atoms with E-state index in [0.29, 0.717) is 4.48 Å². The van der Waals surface area contributed by atoms with Gasteiger partial charge in [0.15, 0.2) is 0 Å². The number of quaternary nitrogens is 1. The second kappa shape index (κ2) is 5.24. The molecule has 0 spiro atoms. The van der Waals surface area contributed by atoms with E-state index in [1.54, 1.807) is 35.0 Å². The van der Waals surface area contributed by atoms with Gasteiger partial charge in [-0.1, -0.05) is 14.9 Å². The number of phosphoric ester groups is 1. The standard InChI is InChI=1S/C6H16NO4P.2CH4/c1-6(2,7(3,4)5)11-12(8,9)10;;/h1-5H3,(H-,8,9,10);2*1H4/p+1. The largest absolute Gasteiger partial charge is 0.474 e.